The van der Waals surface area contributed by atoms with E-state index in [9.17, 15) is 14.4 Å². The highest BCUT2D eigenvalue weighted by atomic mass is 35.5. The molecule has 33 heavy (non-hydrogen) atoms. The average molecular weight is 502 g/mol. The van der Waals surface area contributed by atoms with E-state index in [1.54, 1.807) is 36.4 Å². The quantitative estimate of drug-likeness (QED) is 0.422. The van der Waals surface area contributed by atoms with Crippen molar-refractivity contribution in [1.29, 1.82) is 0 Å². The number of likely N-dealkylation sites (tertiary alicyclic amines) is 1. The van der Waals surface area contributed by atoms with Gasteiger partial charge in [0, 0.05) is 16.3 Å². The molecule has 0 unspecified atom stereocenters. The van der Waals surface area contributed by atoms with Crippen LogP contribution in [0.4, 0.5) is 5.69 Å². The van der Waals surface area contributed by atoms with Gasteiger partial charge in [0.2, 0.25) is 11.8 Å². The number of benzene rings is 2. The van der Waals surface area contributed by atoms with E-state index in [0.717, 1.165) is 6.42 Å². The summed E-state index contributed by atoms with van der Waals surface area (Å²) >= 11 is 18.2. The molecule has 1 saturated heterocycles. The number of nitrogens with zero attached hydrogens (tertiary/aromatic N) is 2. The molecule has 8 heteroatoms. The first-order valence-electron chi connectivity index (χ1n) is 10.9. The molecular weight excluding hydrogens is 483 g/mol. The first-order chi connectivity index (χ1) is 15.8. The molecule has 1 heterocycles. The standard InChI is InChI=1S/C25H19Cl3N2O3/c26-13-2-4-14(5-3-13)29(23(31)12-1-8-19(27)20(28)9-12)11-30-24(32)21-15-6-7-16(18-10-17(15)18)22(21)25(30)33/h1-9,15-18,21-22H,10-11H2/t15-,16-,17-,18+,21-,22-/m1/s1. The molecule has 5 aliphatic rings. The number of halogens is 3. The first-order valence-corrected chi connectivity index (χ1v) is 12.0. The fourth-order valence-corrected chi connectivity index (χ4v) is 6.39. The Kier molecular flexibility index (Phi) is 4.88. The summed E-state index contributed by atoms with van der Waals surface area (Å²) in [4.78, 5) is 43.1. The van der Waals surface area contributed by atoms with Crippen LogP contribution in [-0.2, 0) is 9.59 Å². The topological polar surface area (TPSA) is 57.7 Å². The van der Waals surface area contributed by atoms with Crippen LogP contribution in [0, 0.1) is 35.5 Å². The van der Waals surface area contributed by atoms with Gasteiger partial charge in [-0.1, -0.05) is 47.0 Å². The SMILES string of the molecule is O=C1[C@@H]2[C@@H]3C=C[C@H]([C@@H]4C[C@H]34)[C@H]2C(=O)N1CN(C(=O)c1ccc(Cl)c(Cl)c1)c1ccc(Cl)cc1. The van der Waals surface area contributed by atoms with E-state index in [1.807, 2.05) is 0 Å². The van der Waals surface area contributed by atoms with Gasteiger partial charge in [0.25, 0.3) is 5.91 Å². The minimum absolute atomic E-state index is 0.126. The molecule has 2 aromatic carbocycles. The zero-order valence-corrected chi connectivity index (χ0v) is 19.6. The molecule has 7 rings (SSSR count). The lowest BCUT2D eigenvalue weighted by Gasteiger charge is -2.37. The highest BCUT2D eigenvalue weighted by Gasteiger charge is 2.67. The fraction of sp³-hybridized carbons (Fsp3) is 0.320. The van der Waals surface area contributed by atoms with Crippen molar-refractivity contribution in [1.82, 2.24) is 4.90 Å². The highest BCUT2D eigenvalue weighted by molar-refractivity contribution is 6.42. The molecule has 4 aliphatic carbocycles. The molecule has 0 spiro atoms. The third-order valence-electron chi connectivity index (χ3n) is 7.59. The minimum Gasteiger partial charge on any atom is -0.290 e. The number of carbonyl (C=O) groups is 3. The van der Waals surface area contributed by atoms with Gasteiger partial charge >= 0.3 is 0 Å². The summed E-state index contributed by atoms with van der Waals surface area (Å²) in [5, 5.41) is 1.10. The van der Waals surface area contributed by atoms with E-state index < -0.39 is 5.91 Å². The molecule has 1 aliphatic heterocycles. The summed E-state index contributed by atoms with van der Waals surface area (Å²) in [7, 11) is 0. The number of imide groups is 1. The van der Waals surface area contributed by atoms with Crippen LogP contribution in [0.25, 0.3) is 0 Å². The van der Waals surface area contributed by atoms with Crippen molar-refractivity contribution in [3.63, 3.8) is 0 Å². The maximum atomic E-state index is 13.5. The molecule has 3 fully saturated rings. The average Bonchev–Trinajstić information content (AvgIpc) is 3.59. The molecule has 2 bridgehead atoms. The van der Waals surface area contributed by atoms with Crippen LogP contribution >= 0.6 is 34.8 Å². The molecular formula is C25H19Cl3N2O3. The maximum absolute atomic E-state index is 13.5. The van der Waals surface area contributed by atoms with Gasteiger partial charge in [-0.2, -0.15) is 0 Å². The Balaban J connectivity index is 1.34. The van der Waals surface area contributed by atoms with Gasteiger partial charge in [-0.25, -0.2) is 0 Å². The molecule has 6 atom stereocenters. The Morgan fingerprint density at radius 3 is 2.06 bits per heavy atom. The minimum atomic E-state index is -0.393. The van der Waals surface area contributed by atoms with Crippen LogP contribution in [0.5, 0.6) is 0 Å². The highest BCUT2D eigenvalue weighted by Crippen LogP contribution is 2.65. The lowest BCUT2D eigenvalue weighted by atomic mass is 9.63. The molecule has 3 amide bonds. The van der Waals surface area contributed by atoms with Gasteiger partial charge in [-0.05, 0) is 72.6 Å². The predicted molar refractivity (Wildman–Crippen MR) is 126 cm³/mol. The Morgan fingerprint density at radius 2 is 1.48 bits per heavy atom. The largest absolute Gasteiger partial charge is 0.290 e. The van der Waals surface area contributed by atoms with Crippen molar-refractivity contribution in [3.05, 3.63) is 75.2 Å². The van der Waals surface area contributed by atoms with E-state index in [0.29, 0.717) is 33.1 Å². The monoisotopic (exact) mass is 500 g/mol. The van der Waals surface area contributed by atoms with E-state index in [2.05, 4.69) is 12.2 Å². The third kappa shape index (κ3) is 3.24. The molecule has 168 valence electrons. The molecule has 2 saturated carbocycles. The lowest BCUT2D eigenvalue weighted by molar-refractivity contribution is -0.140. The van der Waals surface area contributed by atoms with Crippen molar-refractivity contribution >= 4 is 58.2 Å². The summed E-state index contributed by atoms with van der Waals surface area (Å²) < 4.78 is 0. The third-order valence-corrected chi connectivity index (χ3v) is 8.58. The van der Waals surface area contributed by atoms with Crippen LogP contribution in [0.15, 0.2) is 54.6 Å². The van der Waals surface area contributed by atoms with Crippen LogP contribution in [-0.4, -0.2) is 29.3 Å². The number of allylic oxidation sites excluding steroid dienone is 2. The smallest absolute Gasteiger partial charge is 0.259 e. The Bertz CT molecular complexity index is 1190. The van der Waals surface area contributed by atoms with E-state index in [1.165, 1.54) is 15.9 Å². The number of rotatable bonds is 4. The molecule has 0 radical (unpaired) electrons. The zero-order chi connectivity index (χ0) is 23.0. The number of hydrogen-bond acceptors (Lipinski definition) is 3. The van der Waals surface area contributed by atoms with Crippen molar-refractivity contribution in [2.75, 3.05) is 11.6 Å². The summed E-state index contributed by atoms with van der Waals surface area (Å²) in [6.45, 7) is -0.167. The van der Waals surface area contributed by atoms with E-state index in [-0.39, 0.29) is 47.2 Å². The van der Waals surface area contributed by atoms with Gasteiger partial charge in [-0.3, -0.25) is 24.2 Å². The molecule has 2 aromatic rings. The Morgan fingerprint density at radius 1 is 0.879 bits per heavy atom. The summed E-state index contributed by atoms with van der Waals surface area (Å²) in [6, 6.07) is 11.3. The predicted octanol–water partition coefficient (Wildman–Crippen LogP) is 5.30. The zero-order valence-electron chi connectivity index (χ0n) is 17.3. The van der Waals surface area contributed by atoms with E-state index >= 15 is 0 Å². The summed E-state index contributed by atoms with van der Waals surface area (Å²) in [5.74, 6) is -0.109. The number of amides is 3. The molecule has 5 nitrogen and oxygen atoms in total. The Labute approximate surface area is 205 Å². The maximum Gasteiger partial charge on any atom is 0.259 e. The van der Waals surface area contributed by atoms with Gasteiger partial charge < -0.3 is 0 Å². The normalized spacial score (nSPS) is 30.9. The van der Waals surface area contributed by atoms with Crippen LogP contribution in [0.1, 0.15) is 16.8 Å². The fourth-order valence-electron chi connectivity index (χ4n) is 5.97. The van der Waals surface area contributed by atoms with Gasteiger partial charge in [0.15, 0.2) is 0 Å². The van der Waals surface area contributed by atoms with Crippen LogP contribution in [0.3, 0.4) is 0 Å². The summed E-state index contributed by atoms with van der Waals surface area (Å²) in [5.41, 5.74) is 0.828. The van der Waals surface area contributed by atoms with Gasteiger partial charge in [0.1, 0.15) is 6.67 Å². The van der Waals surface area contributed by atoms with Crippen molar-refractivity contribution < 1.29 is 14.4 Å². The second-order valence-electron chi connectivity index (χ2n) is 9.24. The second kappa shape index (κ2) is 7.59. The molecule has 0 N–H and O–H groups in total. The van der Waals surface area contributed by atoms with Crippen LogP contribution in [0.2, 0.25) is 15.1 Å². The van der Waals surface area contributed by atoms with Crippen molar-refractivity contribution in [2.24, 2.45) is 35.5 Å². The lowest BCUT2D eigenvalue weighted by Crippen LogP contribution is -2.45. The number of anilines is 1. The second-order valence-corrected chi connectivity index (χ2v) is 10.5. The van der Waals surface area contributed by atoms with E-state index in [4.69, 9.17) is 34.8 Å². The molecule has 0 aromatic heterocycles. The van der Waals surface area contributed by atoms with Gasteiger partial charge in [-0.15, -0.1) is 0 Å². The van der Waals surface area contributed by atoms with Crippen molar-refractivity contribution in [3.8, 4) is 0 Å². The first kappa shape index (κ1) is 21.2. The van der Waals surface area contributed by atoms with Crippen LogP contribution < -0.4 is 4.90 Å². The Hall–Kier alpha value is -2.34. The van der Waals surface area contributed by atoms with Gasteiger partial charge in [0.05, 0.1) is 21.9 Å². The number of hydrogen-bond donors (Lipinski definition) is 0. The summed E-state index contributed by atoms with van der Waals surface area (Å²) in [6.07, 6.45) is 5.36. The van der Waals surface area contributed by atoms with Crippen molar-refractivity contribution in [2.45, 2.75) is 6.42 Å². The number of carbonyl (C=O) groups excluding carboxylic acids is 3.